The molecule has 0 bridgehead atoms. The van der Waals surface area contributed by atoms with Gasteiger partial charge in [0.2, 0.25) is 0 Å². The van der Waals surface area contributed by atoms with Gasteiger partial charge in [-0.2, -0.15) is 10.2 Å². The van der Waals surface area contributed by atoms with E-state index in [1.165, 1.54) is 6.21 Å². The van der Waals surface area contributed by atoms with E-state index in [0.29, 0.717) is 11.1 Å². The van der Waals surface area contributed by atoms with Crippen molar-refractivity contribution in [2.24, 2.45) is 5.10 Å². The third kappa shape index (κ3) is 5.35. The smallest absolute Gasteiger partial charge is 0.343 e. The summed E-state index contributed by atoms with van der Waals surface area (Å²) in [6.07, 6.45) is 3.53. The number of rotatable bonds is 7. The van der Waals surface area contributed by atoms with Crippen LogP contribution in [0.2, 0.25) is 0 Å². The highest BCUT2D eigenvalue weighted by Crippen LogP contribution is 2.18. The molecule has 0 saturated carbocycles. The standard InChI is InChI=1S/C20H17N5O5/c1-14-5-4-7-15(9-14)20(27)30-18-8-3-2-6-16(18)10-21-23-19(26)13-24-12-17(11-22-24)25(28)29/h2-12H,13H2,1H3,(H,23,26)/b21-10+. The molecule has 1 N–H and O–H groups in total. The number of ether oxygens (including phenoxy) is 1. The molecule has 0 aliphatic rings. The van der Waals surface area contributed by atoms with Gasteiger partial charge < -0.3 is 4.74 Å². The molecule has 0 radical (unpaired) electrons. The Kier molecular flexibility index (Phi) is 6.28. The highest BCUT2D eigenvalue weighted by molar-refractivity contribution is 5.93. The summed E-state index contributed by atoms with van der Waals surface area (Å²) >= 11 is 0. The second-order valence-corrected chi connectivity index (χ2v) is 6.24. The summed E-state index contributed by atoms with van der Waals surface area (Å²) < 4.78 is 6.57. The number of nitrogens with one attached hydrogen (secondary N) is 1. The van der Waals surface area contributed by atoms with E-state index in [2.05, 4.69) is 15.6 Å². The highest BCUT2D eigenvalue weighted by Gasteiger charge is 2.12. The summed E-state index contributed by atoms with van der Waals surface area (Å²) in [5.41, 5.74) is 3.92. The molecular weight excluding hydrogens is 390 g/mol. The van der Waals surface area contributed by atoms with Crippen LogP contribution in [0.1, 0.15) is 21.5 Å². The van der Waals surface area contributed by atoms with Crippen molar-refractivity contribution < 1.29 is 19.2 Å². The molecule has 0 aliphatic carbocycles. The predicted octanol–water partition coefficient (Wildman–Crippen LogP) is 2.47. The van der Waals surface area contributed by atoms with Crippen LogP contribution in [0.3, 0.4) is 0 Å². The molecule has 10 nitrogen and oxygen atoms in total. The first-order valence-electron chi connectivity index (χ1n) is 8.79. The van der Waals surface area contributed by atoms with Crippen LogP contribution in [-0.4, -0.2) is 32.8 Å². The summed E-state index contributed by atoms with van der Waals surface area (Å²) in [6.45, 7) is 1.64. The second kappa shape index (κ2) is 9.24. The summed E-state index contributed by atoms with van der Waals surface area (Å²) in [6, 6.07) is 13.7. The van der Waals surface area contributed by atoms with Crippen molar-refractivity contribution in [1.29, 1.82) is 0 Å². The van der Waals surface area contributed by atoms with Crippen LogP contribution in [0.25, 0.3) is 0 Å². The average molecular weight is 407 g/mol. The molecule has 1 aromatic heterocycles. The lowest BCUT2D eigenvalue weighted by atomic mass is 10.1. The van der Waals surface area contributed by atoms with Crippen LogP contribution in [0, 0.1) is 17.0 Å². The normalized spacial score (nSPS) is 10.7. The molecule has 0 spiro atoms. The monoisotopic (exact) mass is 407 g/mol. The number of nitro groups is 1. The first-order valence-corrected chi connectivity index (χ1v) is 8.79. The zero-order chi connectivity index (χ0) is 21.5. The lowest BCUT2D eigenvalue weighted by molar-refractivity contribution is -0.385. The maximum atomic E-state index is 12.4. The Balaban J connectivity index is 1.62. The number of aromatic nitrogens is 2. The number of hydrogen-bond donors (Lipinski definition) is 1. The largest absolute Gasteiger partial charge is 0.422 e. The van der Waals surface area contributed by atoms with E-state index in [1.54, 1.807) is 42.5 Å². The lowest BCUT2D eigenvalue weighted by Gasteiger charge is -2.07. The van der Waals surface area contributed by atoms with Crippen molar-refractivity contribution in [3.8, 4) is 5.75 Å². The fraction of sp³-hybridized carbons (Fsp3) is 0.100. The molecule has 0 saturated heterocycles. The number of esters is 1. The molecule has 0 fully saturated rings. The second-order valence-electron chi connectivity index (χ2n) is 6.24. The molecule has 3 rings (SSSR count). The zero-order valence-electron chi connectivity index (χ0n) is 15.9. The van der Waals surface area contributed by atoms with Crippen molar-refractivity contribution >= 4 is 23.8 Å². The Morgan fingerprint density at radius 1 is 1.27 bits per heavy atom. The maximum absolute atomic E-state index is 12.4. The maximum Gasteiger partial charge on any atom is 0.343 e. The quantitative estimate of drug-likeness (QED) is 0.211. The SMILES string of the molecule is Cc1cccc(C(=O)Oc2ccccc2/C=N/NC(=O)Cn2cc([N+](=O)[O-])cn2)c1. The fourth-order valence-corrected chi connectivity index (χ4v) is 2.50. The number of amides is 1. The molecule has 0 unspecified atom stereocenters. The van der Waals surface area contributed by atoms with Crippen LogP contribution in [0.5, 0.6) is 5.75 Å². The van der Waals surface area contributed by atoms with Gasteiger partial charge in [-0.1, -0.05) is 29.8 Å². The molecule has 10 heteroatoms. The summed E-state index contributed by atoms with van der Waals surface area (Å²) in [5, 5.41) is 18.2. The van der Waals surface area contributed by atoms with Crippen molar-refractivity contribution in [2.45, 2.75) is 13.5 Å². The van der Waals surface area contributed by atoms with E-state index in [-0.39, 0.29) is 18.0 Å². The predicted molar refractivity (Wildman–Crippen MR) is 107 cm³/mol. The Labute approximate surface area is 170 Å². The Bertz CT molecular complexity index is 1120. The molecule has 1 amide bonds. The number of carbonyl (C=O) groups is 2. The number of hydrogen-bond acceptors (Lipinski definition) is 7. The van der Waals surface area contributed by atoms with Gasteiger partial charge >= 0.3 is 11.7 Å². The zero-order valence-corrected chi connectivity index (χ0v) is 15.9. The summed E-state index contributed by atoms with van der Waals surface area (Å²) in [4.78, 5) is 34.3. The van der Waals surface area contributed by atoms with Gasteiger partial charge in [0.05, 0.1) is 16.7 Å². The minimum absolute atomic E-state index is 0.212. The van der Waals surface area contributed by atoms with E-state index in [0.717, 1.165) is 22.6 Å². The molecule has 2 aromatic carbocycles. The van der Waals surface area contributed by atoms with Gasteiger partial charge in [0.1, 0.15) is 24.7 Å². The van der Waals surface area contributed by atoms with E-state index >= 15 is 0 Å². The number of para-hydroxylation sites is 1. The number of nitrogens with zero attached hydrogens (tertiary/aromatic N) is 4. The Morgan fingerprint density at radius 3 is 2.80 bits per heavy atom. The molecule has 0 atom stereocenters. The molecule has 3 aromatic rings. The Hall–Kier alpha value is -4.34. The van der Waals surface area contributed by atoms with Crippen LogP contribution in [-0.2, 0) is 11.3 Å². The molecule has 152 valence electrons. The van der Waals surface area contributed by atoms with Crippen LogP contribution >= 0.6 is 0 Å². The van der Waals surface area contributed by atoms with E-state index < -0.39 is 16.8 Å². The van der Waals surface area contributed by atoms with Crippen LogP contribution in [0.4, 0.5) is 5.69 Å². The Morgan fingerprint density at radius 2 is 2.07 bits per heavy atom. The van der Waals surface area contributed by atoms with Gasteiger partial charge in [-0.15, -0.1) is 0 Å². The van der Waals surface area contributed by atoms with Crippen LogP contribution < -0.4 is 10.2 Å². The van der Waals surface area contributed by atoms with E-state index in [1.807, 2.05) is 13.0 Å². The van der Waals surface area contributed by atoms with Gasteiger partial charge in [0.25, 0.3) is 5.91 Å². The number of aryl methyl sites for hydroxylation is 1. The fourth-order valence-electron chi connectivity index (χ4n) is 2.50. The number of benzene rings is 2. The van der Waals surface area contributed by atoms with Gasteiger partial charge in [0.15, 0.2) is 0 Å². The molecule has 30 heavy (non-hydrogen) atoms. The summed E-state index contributed by atoms with van der Waals surface area (Å²) in [5.74, 6) is -0.757. The van der Waals surface area contributed by atoms with Crippen molar-refractivity contribution in [2.75, 3.05) is 0 Å². The number of hydrazone groups is 1. The minimum atomic E-state index is -0.603. The third-order valence-electron chi connectivity index (χ3n) is 3.90. The van der Waals surface area contributed by atoms with Gasteiger partial charge in [-0.25, -0.2) is 10.2 Å². The van der Waals surface area contributed by atoms with Crippen LogP contribution in [0.15, 0.2) is 66.0 Å². The van der Waals surface area contributed by atoms with E-state index in [4.69, 9.17) is 4.74 Å². The molecule has 1 heterocycles. The lowest BCUT2D eigenvalue weighted by Crippen LogP contribution is -2.23. The van der Waals surface area contributed by atoms with Crippen molar-refractivity contribution in [1.82, 2.24) is 15.2 Å². The third-order valence-corrected chi connectivity index (χ3v) is 3.90. The van der Waals surface area contributed by atoms with Gasteiger partial charge in [-0.3, -0.25) is 19.6 Å². The molecular formula is C20H17N5O5. The highest BCUT2D eigenvalue weighted by atomic mass is 16.6. The first-order chi connectivity index (χ1) is 14.4. The minimum Gasteiger partial charge on any atom is -0.422 e. The first kappa shape index (κ1) is 20.4. The average Bonchev–Trinajstić information content (AvgIpc) is 3.18. The van der Waals surface area contributed by atoms with Crippen molar-refractivity contribution in [3.63, 3.8) is 0 Å². The van der Waals surface area contributed by atoms with Gasteiger partial charge in [0, 0.05) is 5.56 Å². The summed E-state index contributed by atoms with van der Waals surface area (Å²) in [7, 11) is 0. The number of carbonyl (C=O) groups excluding carboxylic acids is 2. The van der Waals surface area contributed by atoms with Crippen molar-refractivity contribution in [3.05, 3.63) is 87.7 Å². The van der Waals surface area contributed by atoms with Gasteiger partial charge in [-0.05, 0) is 31.2 Å². The topological polar surface area (TPSA) is 129 Å². The van der Waals surface area contributed by atoms with E-state index in [9.17, 15) is 19.7 Å². The molecule has 0 aliphatic heterocycles.